The van der Waals surface area contributed by atoms with Crippen molar-refractivity contribution in [2.75, 3.05) is 5.32 Å². The lowest BCUT2D eigenvalue weighted by atomic mass is 10.1. The van der Waals surface area contributed by atoms with Crippen molar-refractivity contribution in [3.8, 4) is 22.8 Å². The summed E-state index contributed by atoms with van der Waals surface area (Å²) < 4.78 is 5.41. The smallest absolute Gasteiger partial charge is 0.260 e. The van der Waals surface area contributed by atoms with Crippen LogP contribution < -0.4 is 5.32 Å². The number of nitrogens with zero attached hydrogens (tertiary/aromatic N) is 3. The molecule has 1 N–H and O–H groups in total. The van der Waals surface area contributed by atoms with E-state index in [0.29, 0.717) is 33.6 Å². The van der Waals surface area contributed by atoms with Crippen LogP contribution in [-0.4, -0.2) is 21.0 Å². The van der Waals surface area contributed by atoms with Crippen LogP contribution in [0.1, 0.15) is 10.4 Å². The number of carbonyl (C=O) groups is 1. The average molecular weight is 377 g/mol. The van der Waals surface area contributed by atoms with Gasteiger partial charge in [0.25, 0.3) is 11.8 Å². The molecule has 0 unspecified atom stereocenters. The number of rotatable bonds is 4. The number of benzene rings is 2. The molecule has 0 aliphatic carbocycles. The molecule has 4 aromatic rings. The molecule has 0 bridgehead atoms. The molecular formula is C20H13ClN4O2. The van der Waals surface area contributed by atoms with Gasteiger partial charge in [0, 0.05) is 28.5 Å². The van der Waals surface area contributed by atoms with Crippen molar-refractivity contribution in [1.29, 1.82) is 0 Å². The molecule has 2 aromatic heterocycles. The summed E-state index contributed by atoms with van der Waals surface area (Å²) in [5.74, 6) is 0.504. The van der Waals surface area contributed by atoms with Crippen molar-refractivity contribution in [3.63, 3.8) is 0 Å². The van der Waals surface area contributed by atoms with Crippen LogP contribution in [0.15, 0.2) is 77.6 Å². The minimum absolute atomic E-state index is 0.248. The Labute approximate surface area is 159 Å². The SMILES string of the molecule is O=C(Nc1ccccc1-c1nc(-c2ccc(Cl)cc2)no1)c1ccncc1. The number of carbonyl (C=O) groups excluding carboxylic acids is 1. The van der Waals surface area contributed by atoms with Gasteiger partial charge in [-0.05, 0) is 48.5 Å². The number of nitrogens with one attached hydrogen (secondary N) is 1. The second kappa shape index (κ2) is 7.39. The molecule has 0 atom stereocenters. The monoisotopic (exact) mass is 376 g/mol. The van der Waals surface area contributed by atoms with Crippen LogP contribution in [0.5, 0.6) is 0 Å². The lowest BCUT2D eigenvalue weighted by molar-refractivity contribution is 0.102. The van der Waals surface area contributed by atoms with Crippen LogP contribution in [0.25, 0.3) is 22.8 Å². The number of hydrogen-bond acceptors (Lipinski definition) is 5. The highest BCUT2D eigenvalue weighted by atomic mass is 35.5. The van der Waals surface area contributed by atoms with Gasteiger partial charge in [-0.15, -0.1) is 0 Å². The van der Waals surface area contributed by atoms with Crippen LogP contribution >= 0.6 is 11.6 Å². The highest BCUT2D eigenvalue weighted by Gasteiger charge is 2.16. The molecule has 132 valence electrons. The molecule has 0 aliphatic rings. The summed E-state index contributed by atoms with van der Waals surface area (Å²) in [6.07, 6.45) is 3.13. The lowest BCUT2D eigenvalue weighted by Gasteiger charge is -2.08. The van der Waals surface area contributed by atoms with E-state index >= 15 is 0 Å². The fraction of sp³-hybridized carbons (Fsp3) is 0. The molecule has 7 heteroatoms. The Bertz CT molecular complexity index is 1080. The number of aromatic nitrogens is 3. The Balaban J connectivity index is 1.63. The predicted octanol–water partition coefficient (Wildman–Crippen LogP) is 4.70. The van der Waals surface area contributed by atoms with E-state index in [0.717, 1.165) is 5.56 Å². The largest absolute Gasteiger partial charge is 0.334 e. The van der Waals surface area contributed by atoms with Crippen molar-refractivity contribution in [2.24, 2.45) is 0 Å². The van der Waals surface area contributed by atoms with Crippen molar-refractivity contribution >= 4 is 23.2 Å². The molecule has 0 saturated carbocycles. The Morgan fingerprint density at radius 2 is 1.70 bits per heavy atom. The summed E-state index contributed by atoms with van der Waals surface area (Å²) in [7, 11) is 0. The third-order valence-electron chi connectivity index (χ3n) is 3.88. The summed E-state index contributed by atoms with van der Waals surface area (Å²) in [5.41, 5.74) is 2.50. The highest BCUT2D eigenvalue weighted by molar-refractivity contribution is 6.30. The maximum atomic E-state index is 12.4. The molecule has 0 fully saturated rings. The molecule has 6 nitrogen and oxygen atoms in total. The molecule has 2 heterocycles. The molecule has 0 spiro atoms. The first kappa shape index (κ1) is 16.9. The normalized spacial score (nSPS) is 10.6. The Kier molecular flexibility index (Phi) is 4.63. The quantitative estimate of drug-likeness (QED) is 0.558. The zero-order chi connectivity index (χ0) is 18.6. The zero-order valence-corrected chi connectivity index (χ0v) is 14.7. The van der Waals surface area contributed by atoms with Gasteiger partial charge in [0.1, 0.15) is 0 Å². The predicted molar refractivity (Wildman–Crippen MR) is 102 cm³/mol. The minimum atomic E-state index is -0.248. The Morgan fingerprint density at radius 3 is 2.48 bits per heavy atom. The molecule has 0 saturated heterocycles. The highest BCUT2D eigenvalue weighted by Crippen LogP contribution is 2.29. The maximum Gasteiger partial charge on any atom is 0.260 e. The average Bonchev–Trinajstić information content (AvgIpc) is 3.19. The molecule has 0 aliphatic heterocycles. The van der Waals surface area contributed by atoms with E-state index in [1.54, 1.807) is 48.8 Å². The van der Waals surface area contributed by atoms with E-state index in [2.05, 4.69) is 20.4 Å². The third-order valence-corrected chi connectivity index (χ3v) is 4.13. The first-order chi connectivity index (χ1) is 13.2. The Hall–Kier alpha value is -3.51. The van der Waals surface area contributed by atoms with Gasteiger partial charge in [-0.3, -0.25) is 9.78 Å². The summed E-state index contributed by atoms with van der Waals surface area (Å²) in [6, 6.07) is 17.7. The van der Waals surface area contributed by atoms with E-state index in [9.17, 15) is 4.79 Å². The van der Waals surface area contributed by atoms with Crippen molar-refractivity contribution in [3.05, 3.63) is 83.6 Å². The number of anilines is 1. The van der Waals surface area contributed by atoms with Crippen molar-refractivity contribution in [1.82, 2.24) is 15.1 Å². The van der Waals surface area contributed by atoms with Gasteiger partial charge in [-0.2, -0.15) is 4.98 Å². The number of pyridine rings is 1. The summed E-state index contributed by atoms with van der Waals surface area (Å²) in [6.45, 7) is 0. The number of halogens is 1. The van der Waals surface area contributed by atoms with Gasteiger partial charge in [0.15, 0.2) is 0 Å². The topological polar surface area (TPSA) is 80.9 Å². The zero-order valence-electron chi connectivity index (χ0n) is 14.0. The molecule has 2 aromatic carbocycles. The molecule has 27 heavy (non-hydrogen) atoms. The fourth-order valence-electron chi connectivity index (χ4n) is 2.53. The van der Waals surface area contributed by atoms with Gasteiger partial charge in [-0.1, -0.05) is 28.9 Å². The van der Waals surface area contributed by atoms with Crippen molar-refractivity contribution in [2.45, 2.75) is 0 Å². The number of para-hydroxylation sites is 1. The van der Waals surface area contributed by atoms with E-state index in [4.69, 9.17) is 16.1 Å². The second-order valence-electron chi connectivity index (χ2n) is 5.67. The first-order valence-corrected chi connectivity index (χ1v) is 8.49. The van der Waals surface area contributed by atoms with Gasteiger partial charge >= 0.3 is 0 Å². The van der Waals surface area contributed by atoms with E-state index in [-0.39, 0.29) is 5.91 Å². The first-order valence-electron chi connectivity index (χ1n) is 8.11. The number of amides is 1. The van der Waals surface area contributed by atoms with E-state index in [1.807, 2.05) is 24.3 Å². The van der Waals surface area contributed by atoms with E-state index < -0.39 is 0 Å². The fourth-order valence-corrected chi connectivity index (χ4v) is 2.65. The summed E-state index contributed by atoms with van der Waals surface area (Å²) in [4.78, 5) is 20.8. The van der Waals surface area contributed by atoms with Crippen LogP contribution in [0.3, 0.4) is 0 Å². The van der Waals surface area contributed by atoms with Gasteiger partial charge in [-0.25, -0.2) is 0 Å². The second-order valence-corrected chi connectivity index (χ2v) is 6.10. The standard InChI is InChI=1S/C20H13ClN4O2/c21-15-7-5-13(6-8-15)18-24-20(27-25-18)16-3-1-2-4-17(16)23-19(26)14-9-11-22-12-10-14/h1-12H,(H,23,26). The molecule has 1 amide bonds. The maximum absolute atomic E-state index is 12.4. The van der Waals surface area contributed by atoms with Gasteiger partial charge in [0.05, 0.1) is 11.3 Å². The Morgan fingerprint density at radius 1 is 0.963 bits per heavy atom. The van der Waals surface area contributed by atoms with Crippen LogP contribution in [0, 0.1) is 0 Å². The van der Waals surface area contributed by atoms with E-state index in [1.165, 1.54) is 0 Å². The number of hydrogen-bond donors (Lipinski definition) is 1. The third kappa shape index (κ3) is 3.70. The lowest BCUT2D eigenvalue weighted by Crippen LogP contribution is -2.12. The summed E-state index contributed by atoms with van der Waals surface area (Å²) >= 11 is 5.91. The van der Waals surface area contributed by atoms with Gasteiger partial charge in [0.2, 0.25) is 5.82 Å². The van der Waals surface area contributed by atoms with Gasteiger partial charge < -0.3 is 9.84 Å². The summed E-state index contributed by atoms with van der Waals surface area (Å²) in [5, 5.41) is 7.52. The van der Waals surface area contributed by atoms with Crippen LogP contribution in [0.4, 0.5) is 5.69 Å². The minimum Gasteiger partial charge on any atom is -0.334 e. The van der Waals surface area contributed by atoms with Crippen LogP contribution in [0.2, 0.25) is 5.02 Å². The molecule has 4 rings (SSSR count). The molecular weight excluding hydrogens is 364 g/mol. The molecule has 0 radical (unpaired) electrons. The van der Waals surface area contributed by atoms with Crippen molar-refractivity contribution < 1.29 is 9.32 Å². The van der Waals surface area contributed by atoms with Crippen LogP contribution in [-0.2, 0) is 0 Å².